The summed E-state index contributed by atoms with van der Waals surface area (Å²) in [7, 11) is -3.50. The summed E-state index contributed by atoms with van der Waals surface area (Å²) < 4.78 is 26.4. The Morgan fingerprint density at radius 2 is 1.90 bits per heavy atom. The van der Waals surface area contributed by atoms with E-state index in [-0.39, 0.29) is 10.7 Å². The van der Waals surface area contributed by atoms with Crippen LogP contribution in [0.2, 0.25) is 0 Å². The van der Waals surface area contributed by atoms with Crippen molar-refractivity contribution in [2.24, 2.45) is 5.73 Å². The Bertz CT molecular complexity index is 698. The molecule has 20 heavy (non-hydrogen) atoms. The van der Waals surface area contributed by atoms with Gasteiger partial charge in [0.2, 0.25) is 10.0 Å². The number of nitrogens with zero attached hydrogens (tertiary/aromatic N) is 1. The molecule has 1 aromatic carbocycles. The monoisotopic (exact) mass is 307 g/mol. The molecule has 5 nitrogen and oxygen atoms in total. The Morgan fingerprint density at radius 3 is 2.45 bits per heavy atom. The predicted molar refractivity (Wildman–Crippen MR) is 82.8 cm³/mol. The van der Waals surface area contributed by atoms with Gasteiger partial charge in [-0.1, -0.05) is 42.5 Å². The summed E-state index contributed by atoms with van der Waals surface area (Å²) in [6.07, 6.45) is 1.52. The SMILES string of the molecule is NC(=S)c1ccc(CS(=O)(=O)Nc2ccccn2)cc1. The van der Waals surface area contributed by atoms with E-state index >= 15 is 0 Å². The van der Waals surface area contributed by atoms with Gasteiger partial charge in [0.25, 0.3) is 0 Å². The molecule has 2 rings (SSSR count). The van der Waals surface area contributed by atoms with Crippen molar-refractivity contribution in [2.45, 2.75) is 5.75 Å². The van der Waals surface area contributed by atoms with Gasteiger partial charge in [0, 0.05) is 11.8 Å². The molecule has 2 aromatic rings. The first-order valence-corrected chi connectivity index (χ1v) is 7.82. The lowest BCUT2D eigenvalue weighted by molar-refractivity contribution is 0.600. The second-order valence-corrected chi connectivity index (χ2v) is 6.30. The lowest BCUT2D eigenvalue weighted by atomic mass is 10.1. The highest BCUT2D eigenvalue weighted by molar-refractivity contribution is 7.91. The molecule has 0 aliphatic carbocycles. The highest BCUT2D eigenvalue weighted by Crippen LogP contribution is 2.11. The number of nitrogens with one attached hydrogen (secondary N) is 1. The Kier molecular flexibility index (Phi) is 4.31. The van der Waals surface area contributed by atoms with E-state index in [0.717, 1.165) is 0 Å². The number of anilines is 1. The fraction of sp³-hybridized carbons (Fsp3) is 0.0769. The molecule has 0 aliphatic heterocycles. The molecular formula is C13H13N3O2S2. The average Bonchev–Trinajstić information content (AvgIpc) is 2.39. The van der Waals surface area contributed by atoms with Gasteiger partial charge in [-0.2, -0.15) is 0 Å². The summed E-state index contributed by atoms with van der Waals surface area (Å²) in [5.41, 5.74) is 6.84. The largest absolute Gasteiger partial charge is 0.389 e. The topological polar surface area (TPSA) is 85.1 Å². The number of hydrogen-bond donors (Lipinski definition) is 2. The minimum absolute atomic E-state index is 0.138. The van der Waals surface area contributed by atoms with Gasteiger partial charge in [-0.05, 0) is 17.7 Å². The molecule has 1 aromatic heterocycles. The lowest BCUT2D eigenvalue weighted by Gasteiger charge is -2.07. The molecule has 0 saturated carbocycles. The summed E-state index contributed by atoms with van der Waals surface area (Å²) in [5, 5.41) is 0. The number of thiocarbonyl (C=S) groups is 1. The molecule has 104 valence electrons. The number of aromatic nitrogens is 1. The molecule has 0 unspecified atom stereocenters. The van der Waals surface area contributed by atoms with Crippen LogP contribution in [-0.4, -0.2) is 18.4 Å². The van der Waals surface area contributed by atoms with Crippen LogP contribution in [-0.2, 0) is 15.8 Å². The van der Waals surface area contributed by atoms with E-state index in [2.05, 4.69) is 9.71 Å². The Balaban J connectivity index is 2.10. The first-order valence-electron chi connectivity index (χ1n) is 5.76. The lowest BCUT2D eigenvalue weighted by Crippen LogP contribution is -2.16. The van der Waals surface area contributed by atoms with Crippen molar-refractivity contribution < 1.29 is 8.42 Å². The molecule has 0 aliphatic rings. The van der Waals surface area contributed by atoms with Crippen LogP contribution in [0.25, 0.3) is 0 Å². The van der Waals surface area contributed by atoms with Crippen molar-refractivity contribution in [1.82, 2.24) is 4.98 Å². The maximum Gasteiger partial charge on any atom is 0.238 e. The summed E-state index contributed by atoms with van der Waals surface area (Å²) in [6, 6.07) is 11.8. The third-order valence-electron chi connectivity index (χ3n) is 2.52. The standard InChI is InChI=1S/C13H13N3O2S2/c14-13(19)11-6-4-10(5-7-11)9-20(17,18)16-12-3-1-2-8-15-12/h1-8H,9H2,(H2,14,19)(H,15,16). The van der Waals surface area contributed by atoms with Gasteiger partial charge in [-0.3, -0.25) is 4.72 Å². The normalized spacial score (nSPS) is 11.0. The summed E-state index contributed by atoms with van der Waals surface area (Å²) >= 11 is 4.84. The van der Waals surface area contributed by atoms with E-state index in [9.17, 15) is 8.42 Å². The second-order valence-electron chi connectivity index (χ2n) is 4.14. The van der Waals surface area contributed by atoms with E-state index < -0.39 is 10.0 Å². The van der Waals surface area contributed by atoms with Crippen molar-refractivity contribution in [2.75, 3.05) is 4.72 Å². The highest BCUT2D eigenvalue weighted by Gasteiger charge is 2.12. The van der Waals surface area contributed by atoms with Gasteiger partial charge < -0.3 is 5.73 Å². The fourth-order valence-electron chi connectivity index (χ4n) is 1.60. The van der Waals surface area contributed by atoms with Gasteiger partial charge in [0.1, 0.15) is 10.8 Å². The van der Waals surface area contributed by atoms with Crippen LogP contribution in [0.15, 0.2) is 48.7 Å². The number of hydrogen-bond acceptors (Lipinski definition) is 4. The van der Waals surface area contributed by atoms with E-state index in [1.807, 2.05) is 0 Å². The van der Waals surface area contributed by atoms with Crippen molar-refractivity contribution in [3.63, 3.8) is 0 Å². The molecule has 0 radical (unpaired) electrons. The Hall–Kier alpha value is -1.99. The minimum Gasteiger partial charge on any atom is -0.389 e. The molecule has 0 atom stereocenters. The number of pyridine rings is 1. The third-order valence-corrected chi connectivity index (χ3v) is 3.99. The van der Waals surface area contributed by atoms with Crippen LogP contribution < -0.4 is 10.5 Å². The molecule has 0 saturated heterocycles. The Labute approximate surface area is 122 Å². The first kappa shape index (κ1) is 14.4. The van der Waals surface area contributed by atoms with Crippen LogP contribution in [0.5, 0.6) is 0 Å². The quantitative estimate of drug-likeness (QED) is 0.821. The van der Waals surface area contributed by atoms with Crippen molar-refractivity contribution in [3.8, 4) is 0 Å². The zero-order valence-corrected chi connectivity index (χ0v) is 12.1. The maximum atomic E-state index is 12.0. The zero-order chi connectivity index (χ0) is 14.6. The van der Waals surface area contributed by atoms with Crippen LogP contribution >= 0.6 is 12.2 Å². The van der Waals surface area contributed by atoms with Gasteiger partial charge in [-0.15, -0.1) is 0 Å². The van der Waals surface area contributed by atoms with Crippen molar-refractivity contribution >= 4 is 33.0 Å². The van der Waals surface area contributed by atoms with Gasteiger partial charge in [0.15, 0.2) is 0 Å². The summed E-state index contributed by atoms with van der Waals surface area (Å²) in [6.45, 7) is 0. The first-order chi connectivity index (χ1) is 9.46. The number of benzene rings is 1. The van der Waals surface area contributed by atoms with Crippen molar-refractivity contribution in [1.29, 1.82) is 0 Å². The number of nitrogens with two attached hydrogens (primary N) is 1. The zero-order valence-electron chi connectivity index (χ0n) is 10.5. The van der Waals surface area contributed by atoms with Crippen LogP contribution in [0, 0.1) is 0 Å². The van der Waals surface area contributed by atoms with E-state index in [4.69, 9.17) is 18.0 Å². The number of sulfonamides is 1. The molecule has 0 spiro atoms. The van der Waals surface area contributed by atoms with Crippen LogP contribution in [0.1, 0.15) is 11.1 Å². The van der Waals surface area contributed by atoms with Gasteiger partial charge in [-0.25, -0.2) is 13.4 Å². The van der Waals surface area contributed by atoms with Crippen LogP contribution in [0.3, 0.4) is 0 Å². The molecule has 0 bridgehead atoms. The van der Waals surface area contributed by atoms with Crippen LogP contribution in [0.4, 0.5) is 5.82 Å². The average molecular weight is 307 g/mol. The second kappa shape index (κ2) is 5.98. The molecule has 1 heterocycles. The van der Waals surface area contributed by atoms with E-state index in [0.29, 0.717) is 16.9 Å². The minimum atomic E-state index is -3.50. The summed E-state index contributed by atoms with van der Waals surface area (Å²) in [5.74, 6) is 0.161. The van der Waals surface area contributed by atoms with E-state index in [1.54, 1.807) is 42.5 Å². The van der Waals surface area contributed by atoms with E-state index in [1.165, 1.54) is 6.20 Å². The molecule has 0 amide bonds. The molecule has 7 heteroatoms. The molecule has 0 fully saturated rings. The van der Waals surface area contributed by atoms with Gasteiger partial charge in [0.05, 0.1) is 5.75 Å². The molecular weight excluding hydrogens is 294 g/mol. The maximum absolute atomic E-state index is 12.0. The third kappa shape index (κ3) is 4.01. The Morgan fingerprint density at radius 1 is 1.20 bits per heavy atom. The van der Waals surface area contributed by atoms with Gasteiger partial charge >= 0.3 is 0 Å². The predicted octanol–water partition coefficient (Wildman–Crippen LogP) is 1.66. The highest BCUT2D eigenvalue weighted by atomic mass is 32.2. The van der Waals surface area contributed by atoms with Crippen molar-refractivity contribution in [3.05, 3.63) is 59.8 Å². The summed E-state index contributed by atoms with van der Waals surface area (Å²) in [4.78, 5) is 4.20. The number of rotatable bonds is 5. The fourth-order valence-corrected chi connectivity index (χ4v) is 2.88. The smallest absolute Gasteiger partial charge is 0.238 e. The molecule has 3 N–H and O–H groups in total.